The van der Waals surface area contributed by atoms with E-state index in [-0.39, 0.29) is 49.7 Å². The molecule has 19 heavy (non-hydrogen) atoms. The predicted octanol–water partition coefficient (Wildman–Crippen LogP) is 3.73. The molecule has 2 aliphatic carbocycles. The van der Waals surface area contributed by atoms with Crippen LogP contribution in [-0.2, 0) is 4.74 Å². The second kappa shape index (κ2) is 5.22. The van der Waals surface area contributed by atoms with Crippen LogP contribution >= 0.6 is 0 Å². The van der Waals surface area contributed by atoms with E-state index in [1.807, 2.05) is 0 Å². The topological polar surface area (TPSA) is 29.5 Å². The molecule has 0 amide bonds. The first kappa shape index (κ1) is 16.7. The second-order valence-corrected chi connectivity index (χ2v) is 8.11. The van der Waals surface area contributed by atoms with Crippen molar-refractivity contribution in [3.8, 4) is 0 Å². The number of rotatable bonds is 0. The zero-order chi connectivity index (χ0) is 13.2. The maximum Gasteiger partial charge on any atom is 0.155 e. The van der Waals surface area contributed by atoms with Gasteiger partial charge in [0.1, 0.15) is 0 Å². The van der Waals surface area contributed by atoms with Crippen LogP contribution in [0.25, 0.3) is 0 Å². The first-order valence-electron chi connectivity index (χ1n) is 7.64. The van der Waals surface area contributed by atoms with Crippen molar-refractivity contribution in [2.45, 2.75) is 78.1 Å². The molecule has 0 spiro atoms. The zero-order valence-electron chi connectivity index (χ0n) is 12.9. The molecule has 2 saturated carbocycles. The van der Waals surface area contributed by atoms with Gasteiger partial charge in [0.2, 0.25) is 0 Å². The quantitative estimate of drug-likeness (QED) is 0.574. The summed E-state index contributed by atoms with van der Waals surface area (Å²) in [7, 11) is 0. The molecule has 1 radical (unpaired) electrons. The van der Waals surface area contributed by atoms with Crippen LogP contribution in [0, 0.1) is 66.7 Å². The van der Waals surface area contributed by atoms with Crippen molar-refractivity contribution in [1.29, 1.82) is 0 Å². The summed E-state index contributed by atoms with van der Waals surface area (Å²) in [6.45, 7) is 9.60. The Balaban J connectivity index is 0.00000133. The molecule has 3 heteroatoms. The van der Waals surface area contributed by atoms with Crippen LogP contribution in [0.2, 0.25) is 0 Å². The Hall–Kier alpha value is 1.36. The number of aliphatic hydroxyl groups is 1. The van der Waals surface area contributed by atoms with Crippen LogP contribution in [0.15, 0.2) is 0 Å². The SMILES string of the molecule is CC1(C)CCC[C@@]2(C)C1CCC1(C)OC(O)C[C@@H]12.[Ac]. The molecule has 1 aliphatic heterocycles. The number of fused-ring (bicyclic) bond motifs is 3. The molecule has 2 nitrogen and oxygen atoms in total. The molecule has 5 atom stereocenters. The average molecular weight is 479 g/mol. The fourth-order valence-corrected chi connectivity index (χ4v) is 5.83. The van der Waals surface area contributed by atoms with E-state index in [0.717, 1.165) is 18.8 Å². The third-order valence-corrected chi connectivity index (χ3v) is 6.58. The number of hydrogen-bond acceptors (Lipinski definition) is 2. The Labute approximate surface area is 153 Å². The van der Waals surface area contributed by atoms with Crippen molar-refractivity contribution >= 4 is 0 Å². The molecule has 0 aromatic rings. The number of ether oxygens (including phenoxy) is 1. The van der Waals surface area contributed by atoms with E-state index in [1.54, 1.807) is 0 Å². The summed E-state index contributed by atoms with van der Waals surface area (Å²) in [6.07, 6.45) is 6.72. The number of hydrogen-bond donors (Lipinski definition) is 1. The summed E-state index contributed by atoms with van der Waals surface area (Å²) in [4.78, 5) is 0. The molecule has 0 aromatic heterocycles. The summed E-state index contributed by atoms with van der Waals surface area (Å²) in [5.74, 6) is 1.34. The number of aliphatic hydroxyl groups excluding tert-OH is 1. The summed E-state index contributed by atoms with van der Waals surface area (Å²) in [6, 6.07) is 0. The molecule has 107 valence electrons. The molecule has 3 rings (SSSR count). The molecular formula is C16H28AcO2. The van der Waals surface area contributed by atoms with Crippen molar-refractivity contribution in [3.63, 3.8) is 0 Å². The Morgan fingerprint density at radius 1 is 1.00 bits per heavy atom. The van der Waals surface area contributed by atoms with E-state index in [2.05, 4.69) is 27.7 Å². The summed E-state index contributed by atoms with van der Waals surface area (Å²) >= 11 is 0. The van der Waals surface area contributed by atoms with E-state index in [9.17, 15) is 5.11 Å². The van der Waals surface area contributed by atoms with Gasteiger partial charge in [0.25, 0.3) is 0 Å². The largest absolute Gasteiger partial charge is 0.368 e. The summed E-state index contributed by atoms with van der Waals surface area (Å²) < 4.78 is 5.89. The van der Waals surface area contributed by atoms with Crippen molar-refractivity contribution in [3.05, 3.63) is 0 Å². The van der Waals surface area contributed by atoms with Crippen LogP contribution in [0.1, 0.15) is 66.2 Å². The van der Waals surface area contributed by atoms with Crippen LogP contribution < -0.4 is 0 Å². The van der Waals surface area contributed by atoms with Crippen LogP contribution in [0.4, 0.5) is 0 Å². The molecule has 1 saturated heterocycles. The monoisotopic (exact) mass is 479 g/mol. The fraction of sp³-hybridized carbons (Fsp3) is 1.00. The van der Waals surface area contributed by atoms with E-state index in [0.29, 0.717) is 16.7 Å². The maximum absolute atomic E-state index is 9.94. The molecule has 0 bridgehead atoms. The van der Waals surface area contributed by atoms with E-state index in [1.165, 1.54) is 25.7 Å². The summed E-state index contributed by atoms with van der Waals surface area (Å²) in [5, 5.41) is 9.94. The van der Waals surface area contributed by atoms with Gasteiger partial charge in [0.05, 0.1) is 5.60 Å². The Morgan fingerprint density at radius 2 is 1.68 bits per heavy atom. The van der Waals surface area contributed by atoms with E-state index < -0.39 is 6.29 Å². The molecule has 3 fully saturated rings. The Bertz CT molecular complexity index is 357. The molecule has 0 aromatic carbocycles. The van der Waals surface area contributed by atoms with Gasteiger partial charge in [-0.1, -0.05) is 27.2 Å². The van der Waals surface area contributed by atoms with Crippen molar-refractivity contribution in [2.75, 3.05) is 0 Å². The van der Waals surface area contributed by atoms with Gasteiger partial charge < -0.3 is 9.84 Å². The normalized spacial score (nSPS) is 51.9. The first-order chi connectivity index (χ1) is 8.28. The minimum atomic E-state index is -0.527. The van der Waals surface area contributed by atoms with Gasteiger partial charge in [0, 0.05) is 50.5 Å². The van der Waals surface area contributed by atoms with Gasteiger partial charge >= 0.3 is 0 Å². The standard InChI is InChI=1S/C16H28O2.Ac/c1-14(2)7-5-8-15(3)11(14)6-9-16(4)12(15)10-13(17)18-16;/h11-13,17H,5-10H2,1-4H3;/t11?,12-,13?,15+,16?;/m1./s1. The van der Waals surface area contributed by atoms with Gasteiger partial charge in [-0.05, 0) is 55.3 Å². The van der Waals surface area contributed by atoms with E-state index >= 15 is 0 Å². The van der Waals surface area contributed by atoms with Crippen LogP contribution in [0.5, 0.6) is 0 Å². The van der Waals surface area contributed by atoms with Crippen LogP contribution in [0.3, 0.4) is 0 Å². The van der Waals surface area contributed by atoms with Gasteiger partial charge in [0.15, 0.2) is 6.29 Å². The van der Waals surface area contributed by atoms with E-state index in [4.69, 9.17) is 4.74 Å². The third-order valence-electron chi connectivity index (χ3n) is 6.58. The molecule has 1 N–H and O–H groups in total. The van der Waals surface area contributed by atoms with Crippen molar-refractivity contribution in [1.82, 2.24) is 0 Å². The first-order valence-corrected chi connectivity index (χ1v) is 7.64. The minimum Gasteiger partial charge on any atom is -0.368 e. The summed E-state index contributed by atoms with van der Waals surface area (Å²) in [5.41, 5.74) is 0.756. The van der Waals surface area contributed by atoms with Gasteiger partial charge in [-0.15, -0.1) is 0 Å². The second-order valence-electron chi connectivity index (χ2n) is 8.11. The molecule has 1 heterocycles. The Morgan fingerprint density at radius 3 is 2.37 bits per heavy atom. The van der Waals surface area contributed by atoms with Crippen molar-refractivity contribution < 1.29 is 53.9 Å². The maximum atomic E-state index is 9.94. The Kier molecular flexibility index (Phi) is 4.60. The fourth-order valence-electron chi connectivity index (χ4n) is 5.83. The van der Waals surface area contributed by atoms with Gasteiger partial charge in [-0.25, -0.2) is 0 Å². The van der Waals surface area contributed by atoms with Crippen LogP contribution in [-0.4, -0.2) is 17.0 Å². The molecular weight excluding hydrogens is 451 g/mol. The van der Waals surface area contributed by atoms with Gasteiger partial charge in [-0.2, -0.15) is 0 Å². The average Bonchev–Trinajstić information content (AvgIpc) is 2.53. The smallest absolute Gasteiger partial charge is 0.155 e. The zero-order valence-corrected chi connectivity index (χ0v) is 17.7. The molecule has 3 unspecified atom stereocenters. The third kappa shape index (κ3) is 2.50. The molecule has 3 aliphatic rings. The van der Waals surface area contributed by atoms with Gasteiger partial charge in [-0.3, -0.25) is 0 Å². The predicted molar refractivity (Wildman–Crippen MR) is 72.1 cm³/mol. The van der Waals surface area contributed by atoms with Crippen molar-refractivity contribution in [2.24, 2.45) is 22.7 Å². The minimum absolute atomic E-state index is 0.